The van der Waals surface area contributed by atoms with Gasteiger partial charge in [0.15, 0.2) is 11.5 Å². The van der Waals surface area contributed by atoms with E-state index in [-0.39, 0.29) is 0 Å². The van der Waals surface area contributed by atoms with Gasteiger partial charge in [0.25, 0.3) is 0 Å². The number of rotatable bonds is 2. The summed E-state index contributed by atoms with van der Waals surface area (Å²) in [6, 6.07) is 1.98. The van der Waals surface area contributed by atoms with Crippen LogP contribution in [0.5, 0.6) is 11.5 Å². The molecule has 0 atom stereocenters. The lowest BCUT2D eigenvalue weighted by Gasteiger charge is -2.28. The van der Waals surface area contributed by atoms with Crippen LogP contribution >= 0.6 is 15.9 Å². The molecule has 0 amide bonds. The van der Waals surface area contributed by atoms with E-state index in [9.17, 15) is 0 Å². The van der Waals surface area contributed by atoms with Gasteiger partial charge in [-0.3, -0.25) is 0 Å². The Bertz CT molecular complexity index is 406. The molecular weight excluding hydrogens is 270 g/mol. The molecule has 0 aromatic heterocycles. The molecule has 1 heterocycles. The van der Waals surface area contributed by atoms with Crippen LogP contribution in [0, 0.1) is 0 Å². The minimum absolute atomic E-state index is 0.803. The Labute approximate surface area is 104 Å². The number of benzene rings is 1. The fourth-order valence-electron chi connectivity index (χ4n) is 2.16. The number of fused-ring (bicyclic) bond motifs is 1. The minimum atomic E-state index is 0.803. The summed E-state index contributed by atoms with van der Waals surface area (Å²) in [6.07, 6.45) is 1.00. The summed E-state index contributed by atoms with van der Waals surface area (Å²) < 4.78 is 11.9. The van der Waals surface area contributed by atoms with E-state index in [0.29, 0.717) is 0 Å². The van der Waals surface area contributed by atoms with Gasteiger partial charge in [0.05, 0.1) is 14.2 Å². The lowest BCUT2D eigenvalue weighted by atomic mass is 9.98. The highest BCUT2D eigenvalue weighted by Crippen LogP contribution is 2.40. The van der Waals surface area contributed by atoms with Gasteiger partial charge in [-0.1, -0.05) is 15.9 Å². The molecule has 2 rings (SSSR count). The van der Waals surface area contributed by atoms with Gasteiger partial charge in [-0.15, -0.1) is 0 Å². The smallest absolute Gasteiger partial charge is 0.164 e. The average molecular weight is 286 g/mol. The minimum Gasteiger partial charge on any atom is -0.493 e. The number of nitrogens with zero attached hydrogens (tertiary/aromatic N) is 1. The third-order valence-corrected chi connectivity index (χ3v) is 3.71. The molecule has 0 unspecified atom stereocenters. The molecule has 0 N–H and O–H groups in total. The Kier molecular flexibility index (Phi) is 3.40. The van der Waals surface area contributed by atoms with Crippen molar-refractivity contribution in [3.63, 3.8) is 0 Å². The van der Waals surface area contributed by atoms with Gasteiger partial charge in [-0.05, 0) is 25.1 Å². The molecular formula is C12H16BrNO2. The van der Waals surface area contributed by atoms with Crippen LogP contribution in [-0.2, 0) is 13.0 Å². The number of halogens is 1. The third-order valence-electron chi connectivity index (χ3n) is 3.00. The average Bonchev–Trinajstić information content (AvgIpc) is 2.29. The summed E-state index contributed by atoms with van der Waals surface area (Å²) in [4.78, 5) is 2.30. The standard InChI is InChI=1S/C12H16BrNO2/c1-14-5-4-8-9(7-14)10(13)6-11(15-2)12(8)16-3/h6H,4-5,7H2,1-3H3. The van der Waals surface area contributed by atoms with Gasteiger partial charge in [0.1, 0.15) is 0 Å². The summed E-state index contributed by atoms with van der Waals surface area (Å²) in [5, 5.41) is 0. The number of hydrogen-bond acceptors (Lipinski definition) is 3. The van der Waals surface area contributed by atoms with Crippen molar-refractivity contribution in [2.45, 2.75) is 13.0 Å². The summed E-state index contributed by atoms with van der Waals surface area (Å²) in [7, 11) is 5.50. The molecule has 88 valence electrons. The summed E-state index contributed by atoms with van der Waals surface area (Å²) in [6.45, 7) is 2.01. The fraction of sp³-hybridized carbons (Fsp3) is 0.500. The second kappa shape index (κ2) is 4.63. The number of hydrogen-bond donors (Lipinski definition) is 0. The fourth-order valence-corrected chi connectivity index (χ4v) is 2.73. The van der Waals surface area contributed by atoms with E-state index < -0.39 is 0 Å². The molecule has 0 bridgehead atoms. The van der Waals surface area contributed by atoms with Crippen molar-refractivity contribution in [2.75, 3.05) is 27.8 Å². The number of ether oxygens (including phenoxy) is 2. The second-order valence-corrected chi connectivity index (χ2v) is 4.89. The molecule has 1 aromatic carbocycles. The quantitative estimate of drug-likeness (QED) is 0.833. The van der Waals surface area contributed by atoms with Gasteiger partial charge >= 0.3 is 0 Å². The molecule has 0 radical (unpaired) electrons. The van der Waals surface area contributed by atoms with Crippen LogP contribution in [0.25, 0.3) is 0 Å². The van der Waals surface area contributed by atoms with Crippen LogP contribution in [-0.4, -0.2) is 32.7 Å². The van der Waals surface area contributed by atoms with Crippen molar-refractivity contribution >= 4 is 15.9 Å². The van der Waals surface area contributed by atoms with E-state index in [0.717, 1.165) is 35.5 Å². The van der Waals surface area contributed by atoms with Crippen molar-refractivity contribution in [3.8, 4) is 11.5 Å². The van der Waals surface area contributed by atoms with E-state index in [4.69, 9.17) is 9.47 Å². The van der Waals surface area contributed by atoms with E-state index in [1.54, 1.807) is 14.2 Å². The summed E-state index contributed by atoms with van der Waals surface area (Å²) in [5.41, 5.74) is 2.58. The van der Waals surface area contributed by atoms with Crippen LogP contribution in [0.1, 0.15) is 11.1 Å². The van der Waals surface area contributed by atoms with Gasteiger partial charge in [0, 0.05) is 23.1 Å². The van der Waals surface area contributed by atoms with E-state index in [2.05, 4.69) is 27.9 Å². The van der Waals surface area contributed by atoms with Crippen molar-refractivity contribution in [1.29, 1.82) is 0 Å². The Morgan fingerprint density at radius 1 is 1.25 bits per heavy atom. The molecule has 16 heavy (non-hydrogen) atoms. The van der Waals surface area contributed by atoms with Crippen LogP contribution in [0.15, 0.2) is 10.5 Å². The van der Waals surface area contributed by atoms with Crippen LogP contribution in [0.2, 0.25) is 0 Å². The largest absolute Gasteiger partial charge is 0.493 e. The molecule has 0 aliphatic carbocycles. The first-order valence-corrected chi connectivity index (χ1v) is 6.07. The zero-order valence-corrected chi connectivity index (χ0v) is 11.4. The topological polar surface area (TPSA) is 21.7 Å². The molecule has 1 aliphatic heterocycles. The number of methoxy groups -OCH3 is 2. The zero-order chi connectivity index (χ0) is 11.7. The third kappa shape index (κ3) is 1.92. The first-order valence-electron chi connectivity index (χ1n) is 5.28. The van der Waals surface area contributed by atoms with E-state index in [1.165, 1.54) is 11.1 Å². The van der Waals surface area contributed by atoms with Crippen LogP contribution < -0.4 is 9.47 Å². The number of likely N-dealkylation sites (N-methyl/N-ethyl adjacent to an activating group) is 1. The zero-order valence-electron chi connectivity index (χ0n) is 9.84. The van der Waals surface area contributed by atoms with Crippen molar-refractivity contribution in [3.05, 3.63) is 21.7 Å². The molecule has 0 saturated heterocycles. The Morgan fingerprint density at radius 2 is 2.00 bits per heavy atom. The predicted octanol–water partition coefficient (Wildman–Crippen LogP) is 2.45. The Balaban J connectivity index is 2.56. The van der Waals surface area contributed by atoms with Crippen molar-refractivity contribution in [1.82, 2.24) is 4.90 Å². The normalized spacial score (nSPS) is 15.8. The Hall–Kier alpha value is -0.740. The van der Waals surface area contributed by atoms with Crippen molar-refractivity contribution in [2.24, 2.45) is 0 Å². The SMILES string of the molecule is COc1cc(Br)c2c(c1OC)CCN(C)C2. The van der Waals surface area contributed by atoms with Crippen LogP contribution in [0.3, 0.4) is 0 Å². The Morgan fingerprint density at radius 3 is 2.62 bits per heavy atom. The molecule has 4 heteroatoms. The lowest BCUT2D eigenvalue weighted by molar-refractivity contribution is 0.299. The maximum Gasteiger partial charge on any atom is 0.164 e. The monoisotopic (exact) mass is 285 g/mol. The van der Waals surface area contributed by atoms with Gasteiger partial charge in [-0.25, -0.2) is 0 Å². The maximum absolute atomic E-state index is 5.46. The van der Waals surface area contributed by atoms with E-state index in [1.807, 2.05) is 6.07 Å². The highest BCUT2D eigenvalue weighted by atomic mass is 79.9. The first-order chi connectivity index (χ1) is 7.67. The summed E-state index contributed by atoms with van der Waals surface area (Å²) in [5.74, 6) is 1.69. The highest BCUT2D eigenvalue weighted by Gasteiger charge is 2.22. The lowest BCUT2D eigenvalue weighted by Crippen LogP contribution is -2.27. The van der Waals surface area contributed by atoms with Crippen molar-refractivity contribution < 1.29 is 9.47 Å². The molecule has 1 aromatic rings. The van der Waals surface area contributed by atoms with Gasteiger partial charge < -0.3 is 14.4 Å². The van der Waals surface area contributed by atoms with Gasteiger partial charge in [-0.2, -0.15) is 0 Å². The van der Waals surface area contributed by atoms with Crippen LogP contribution in [0.4, 0.5) is 0 Å². The molecule has 0 fully saturated rings. The maximum atomic E-state index is 5.46. The molecule has 1 aliphatic rings. The van der Waals surface area contributed by atoms with E-state index >= 15 is 0 Å². The highest BCUT2D eigenvalue weighted by molar-refractivity contribution is 9.10. The predicted molar refractivity (Wildman–Crippen MR) is 67.3 cm³/mol. The molecule has 0 spiro atoms. The summed E-state index contributed by atoms with van der Waals surface area (Å²) >= 11 is 3.60. The first kappa shape index (κ1) is 11.7. The second-order valence-electron chi connectivity index (χ2n) is 4.04. The molecule has 3 nitrogen and oxygen atoms in total. The molecule has 0 saturated carbocycles. The van der Waals surface area contributed by atoms with Gasteiger partial charge in [0.2, 0.25) is 0 Å².